The number of nitrogens with zero attached hydrogens (tertiary/aromatic N) is 3. The number of hydrogen-bond acceptors (Lipinski definition) is 6. The first-order chi connectivity index (χ1) is 6.00. The van der Waals surface area contributed by atoms with E-state index in [1.54, 1.807) is 0 Å². The maximum Gasteiger partial charge on any atom is 0.377 e. The van der Waals surface area contributed by atoms with E-state index in [1.807, 2.05) is 0 Å². The molecule has 0 aliphatic carbocycles. The van der Waals surface area contributed by atoms with Crippen LogP contribution in [0, 0.1) is 0 Å². The van der Waals surface area contributed by atoms with Crippen molar-refractivity contribution in [1.82, 2.24) is 5.01 Å². The molecule has 0 saturated carbocycles. The number of carbonyl (C=O) groups is 1. The van der Waals surface area contributed by atoms with Gasteiger partial charge in [0.25, 0.3) is 0 Å². The summed E-state index contributed by atoms with van der Waals surface area (Å²) in [6.07, 6.45) is 0. The number of urea groups is 1. The Balaban J connectivity index is 2.48. The Morgan fingerprint density at radius 2 is 2.15 bits per heavy atom. The van der Waals surface area contributed by atoms with Crippen molar-refractivity contribution in [2.45, 2.75) is 11.3 Å². The van der Waals surface area contributed by atoms with Crippen LogP contribution in [0.3, 0.4) is 0 Å². The molecule has 0 spiro atoms. The average Bonchev–Trinajstić information content (AvgIpc) is 2.39. The van der Waals surface area contributed by atoms with Crippen LogP contribution in [-0.2, 0) is 0 Å². The summed E-state index contributed by atoms with van der Waals surface area (Å²) in [6.45, 7) is 0. The van der Waals surface area contributed by atoms with E-state index in [9.17, 15) is 4.79 Å². The molecule has 0 aromatic rings. The van der Waals surface area contributed by atoms with Gasteiger partial charge in [-0.05, 0) is 0 Å². The number of azo groups is 1. The van der Waals surface area contributed by atoms with Gasteiger partial charge in [0.05, 0.1) is 0 Å². The van der Waals surface area contributed by atoms with E-state index in [0.29, 0.717) is 11.5 Å². The highest BCUT2D eigenvalue weighted by Gasteiger charge is 2.58. The lowest BCUT2D eigenvalue weighted by Gasteiger charge is -2.42. The smallest absolute Gasteiger partial charge is 0.303 e. The molecule has 2 rings (SSSR count). The van der Waals surface area contributed by atoms with Gasteiger partial charge in [0, 0.05) is 11.5 Å². The summed E-state index contributed by atoms with van der Waals surface area (Å²) in [5.74, 6) is 6.49. The van der Waals surface area contributed by atoms with Crippen molar-refractivity contribution in [2.24, 2.45) is 27.5 Å². The van der Waals surface area contributed by atoms with Gasteiger partial charge >= 0.3 is 6.03 Å². The number of rotatable bonds is 0. The van der Waals surface area contributed by atoms with Gasteiger partial charge in [0.1, 0.15) is 0 Å². The molecule has 1 saturated heterocycles. The Hall–Kier alpha value is -0.700. The minimum absolute atomic E-state index is 0.477. The van der Waals surface area contributed by atoms with E-state index in [0.717, 1.165) is 5.01 Å². The summed E-state index contributed by atoms with van der Waals surface area (Å²) in [7, 11) is 0. The molecule has 0 aromatic carbocycles. The SMILES string of the molecule is NN1C(=O)N=N[C@]2(N)CSC[C@]12N. The largest absolute Gasteiger partial charge is 0.377 e. The molecule has 2 aliphatic rings. The second-order valence-electron chi connectivity index (χ2n) is 3.19. The Morgan fingerprint density at radius 3 is 2.85 bits per heavy atom. The van der Waals surface area contributed by atoms with Gasteiger partial charge in [-0.15, -0.1) is 0 Å². The van der Waals surface area contributed by atoms with Crippen LogP contribution in [-0.4, -0.2) is 33.9 Å². The molecule has 13 heavy (non-hydrogen) atoms. The number of hydrogen-bond donors (Lipinski definition) is 3. The number of nitrogens with two attached hydrogens (primary N) is 3. The second kappa shape index (κ2) is 2.41. The lowest BCUT2D eigenvalue weighted by molar-refractivity contribution is 0.0684. The van der Waals surface area contributed by atoms with Crippen molar-refractivity contribution < 1.29 is 4.79 Å². The van der Waals surface area contributed by atoms with E-state index in [1.165, 1.54) is 11.8 Å². The van der Waals surface area contributed by atoms with Gasteiger partial charge in [-0.3, -0.25) is 0 Å². The quantitative estimate of drug-likeness (QED) is 0.336. The maximum absolute atomic E-state index is 11.1. The first-order valence-corrected chi connectivity index (χ1v) is 4.82. The minimum atomic E-state index is -1.10. The summed E-state index contributed by atoms with van der Waals surface area (Å²) in [6, 6.07) is -0.647. The van der Waals surface area contributed by atoms with Gasteiger partial charge in [-0.25, -0.2) is 15.6 Å². The molecule has 2 atom stereocenters. The summed E-state index contributed by atoms with van der Waals surface area (Å²) in [5, 5.41) is 7.93. The van der Waals surface area contributed by atoms with Gasteiger partial charge in [0.15, 0.2) is 11.3 Å². The predicted molar refractivity (Wildman–Crippen MR) is 47.4 cm³/mol. The third kappa shape index (κ3) is 0.937. The molecule has 0 radical (unpaired) electrons. The van der Waals surface area contributed by atoms with Crippen LogP contribution in [0.1, 0.15) is 0 Å². The number of hydrazine groups is 1. The standard InChI is InChI=1S/C5H10N6OS/c6-4-1-13-2-5(4,7)11(8)3(12)9-10-4/h1-2,6-8H2/t4-,5+/m1/s1. The van der Waals surface area contributed by atoms with E-state index in [2.05, 4.69) is 10.2 Å². The monoisotopic (exact) mass is 202 g/mol. The zero-order valence-corrected chi connectivity index (χ0v) is 7.62. The molecule has 2 amide bonds. The molecule has 7 nitrogen and oxygen atoms in total. The molecule has 6 N–H and O–H groups in total. The van der Waals surface area contributed by atoms with Gasteiger partial charge in [-0.2, -0.15) is 16.9 Å². The molecule has 2 aliphatic heterocycles. The van der Waals surface area contributed by atoms with Crippen molar-refractivity contribution in [1.29, 1.82) is 0 Å². The Bertz CT molecular complexity index is 295. The lowest BCUT2D eigenvalue weighted by Crippen LogP contribution is -2.76. The van der Waals surface area contributed by atoms with Crippen LogP contribution >= 0.6 is 11.8 Å². The van der Waals surface area contributed by atoms with Crippen LogP contribution in [0.4, 0.5) is 4.79 Å². The van der Waals surface area contributed by atoms with Crippen molar-refractivity contribution in [3.8, 4) is 0 Å². The average molecular weight is 202 g/mol. The van der Waals surface area contributed by atoms with Crippen molar-refractivity contribution in [3.05, 3.63) is 0 Å². The summed E-state index contributed by atoms with van der Waals surface area (Å²) < 4.78 is 0. The topological polar surface area (TPSA) is 123 Å². The van der Waals surface area contributed by atoms with Crippen LogP contribution in [0.25, 0.3) is 0 Å². The van der Waals surface area contributed by atoms with Crippen LogP contribution in [0.5, 0.6) is 0 Å². The highest BCUT2D eigenvalue weighted by atomic mass is 32.2. The van der Waals surface area contributed by atoms with Crippen molar-refractivity contribution in [3.63, 3.8) is 0 Å². The van der Waals surface area contributed by atoms with E-state index >= 15 is 0 Å². The summed E-state index contributed by atoms with van der Waals surface area (Å²) in [4.78, 5) is 11.1. The summed E-state index contributed by atoms with van der Waals surface area (Å²) >= 11 is 1.51. The number of fused-ring (bicyclic) bond motifs is 1. The van der Waals surface area contributed by atoms with Gasteiger partial charge < -0.3 is 11.5 Å². The molecule has 0 unspecified atom stereocenters. The predicted octanol–water partition coefficient (Wildman–Crippen LogP) is -1.20. The highest BCUT2D eigenvalue weighted by molar-refractivity contribution is 7.99. The van der Waals surface area contributed by atoms with Gasteiger partial charge in [-0.1, -0.05) is 5.11 Å². The molecule has 8 heteroatoms. The fourth-order valence-corrected chi connectivity index (χ4v) is 2.78. The number of amides is 2. The molecule has 0 bridgehead atoms. The van der Waals surface area contributed by atoms with E-state index < -0.39 is 17.4 Å². The van der Waals surface area contributed by atoms with E-state index in [-0.39, 0.29) is 0 Å². The zero-order valence-electron chi connectivity index (χ0n) is 6.80. The minimum Gasteiger partial charge on any atom is -0.303 e. The van der Waals surface area contributed by atoms with Crippen LogP contribution in [0.15, 0.2) is 10.2 Å². The molecular weight excluding hydrogens is 192 g/mol. The molecular formula is C5H10N6OS. The first kappa shape index (κ1) is 8.88. The summed E-state index contributed by atoms with van der Waals surface area (Å²) in [5.41, 5.74) is 9.64. The number of thioether (sulfide) groups is 1. The second-order valence-corrected chi connectivity index (χ2v) is 4.18. The fourth-order valence-electron chi connectivity index (χ4n) is 1.36. The highest BCUT2D eigenvalue weighted by Crippen LogP contribution is 2.38. The first-order valence-electron chi connectivity index (χ1n) is 3.67. The van der Waals surface area contributed by atoms with E-state index in [4.69, 9.17) is 17.3 Å². The van der Waals surface area contributed by atoms with Gasteiger partial charge in [0.2, 0.25) is 0 Å². The Morgan fingerprint density at radius 1 is 1.46 bits per heavy atom. The lowest BCUT2D eigenvalue weighted by atomic mass is 9.98. The Labute approximate surface area is 78.7 Å². The normalized spacial score (nSPS) is 43.9. The number of carbonyl (C=O) groups excluding carboxylic acids is 1. The van der Waals surface area contributed by atoms with Crippen LogP contribution < -0.4 is 17.3 Å². The Kier molecular flexibility index (Phi) is 1.65. The molecule has 0 aromatic heterocycles. The van der Waals surface area contributed by atoms with Crippen molar-refractivity contribution in [2.75, 3.05) is 11.5 Å². The molecule has 72 valence electrons. The third-order valence-electron chi connectivity index (χ3n) is 2.34. The zero-order chi connectivity index (χ0) is 9.69. The van der Waals surface area contributed by atoms with Crippen molar-refractivity contribution >= 4 is 17.8 Å². The molecule has 2 heterocycles. The maximum atomic E-state index is 11.1. The molecule has 1 fully saturated rings. The third-order valence-corrected chi connectivity index (χ3v) is 3.63. The fraction of sp³-hybridized carbons (Fsp3) is 0.800. The van der Waals surface area contributed by atoms with Crippen LogP contribution in [0.2, 0.25) is 0 Å².